The van der Waals surface area contributed by atoms with Gasteiger partial charge in [0, 0.05) is 31.7 Å². The molecule has 1 saturated heterocycles. The van der Waals surface area contributed by atoms with Crippen LogP contribution in [0.4, 0.5) is 0 Å². The van der Waals surface area contributed by atoms with Crippen molar-refractivity contribution in [3.8, 4) is 0 Å². The van der Waals surface area contributed by atoms with Crippen molar-refractivity contribution in [1.29, 1.82) is 0 Å². The summed E-state index contributed by atoms with van der Waals surface area (Å²) in [5.41, 5.74) is 0.415. The van der Waals surface area contributed by atoms with E-state index in [0.29, 0.717) is 37.3 Å². The Hall–Kier alpha value is -1.92. The largest absolute Gasteiger partial charge is 0.481 e. The number of morpholine rings is 1. The summed E-state index contributed by atoms with van der Waals surface area (Å²) in [6.45, 7) is 8.24. The molecule has 2 heterocycles. The van der Waals surface area contributed by atoms with Crippen LogP contribution in [0.5, 0.6) is 0 Å². The van der Waals surface area contributed by atoms with Crippen LogP contribution in [0.1, 0.15) is 42.1 Å². The molecule has 1 amide bonds. The van der Waals surface area contributed by atoms with Crippen LogP contribution in [0.2, 0.25) is 0 Å². The Kier molecular flexibility index (Phi) is 5.11. The van der Waals surface area contributed by atoms with Crippen LogP contribution >= 0.6 is 0 Å². The van der Waals surface area contributed by atoms with Crippen molar-refractivity contribution < 1.29 is 19.4 Å². The number of rotatable bonds is 5. The molecule has 0 aromatic heterocycles. The van der Waals surface area contributed by atoms with Gasteiger partial charge in [-0.15, -0.1) is 0 Å². The van der Waals surface area contributed by atoms with Gasteiger partial charge in [0.1, 0.15) is 5.92 Å². The number of benzene rings is 1. The molecule has 1 aromatic carbocycles. The molecule has 2 unspecified atom stereocenters. The van der Waals surface area contributed by atoms with E-state index in [0.717, 1.165) is 19.6 Å². The number of carbonyl (C=O) groups is 2. The van der Waals surface area contributed by atoms with Crippen molar-refractivity contribution in [3.05, 3.63) is 35.4 Å². The number of carboxylic acids is 1. The molecular formula is C19H26N2O4. The molecule has 0 radical (unpaired) electrons. The summed E-state index contributed by atoms with van der Waals surface area (Å²) in [5, 5.41) is 9.91. The van der Waals surface area contributed by atoms with Crippen molar-refractivity contribution in [2.45, 2.75) is 31.7 Å². The Bertz CT molecular complexity index is 657. The normalized spacial score (nSPS) is 27.2. The predicted octanol–water partition coefficient (Wildman–Crippen LogP) is 1.81. The number of amides is 1. The molecular weight excluding hydrogens is 320 g/mol. The van der Waals surface area contributed by atoms with Gasteiger partial charge in [-0.05, 0) is 25.0 Å². The lowest BCUT2D eigenvalue weighted by Gasteiger charge is -2.49. The zero-order chi connectivity index (χ0) is 18.0. The molecule has 6 nitrogen and oxygen atoms in total. The number of hydrogen-bond acceptors (Lipinski definition) is 4. The topological polar surface area (TPSA) is 70.1 Å². The fourth-order valence-corrected chi connectivity index (χ4v) is 4.03. The maximum atomic E-state index is 13.1. The van der Waals surface area contributed by atoms with Crippen molar-refractivity contribution in [2.24, 2.45) is 0 Å². The molecule has 6 heteroatoms. The molecule has 25 heavy (non-hydrogen) atoms. The van der Waals surface area contributed by atoms with E-state index < -0.39 is 17.4 Å². The summed E-state index contributed by atoms with van der Waals surface area (Å²) in [5.74, 6) is -1.65. The second kappa shape index (κ2) is 7.14. The minimum Gasteiger partial charge on any atom is -0.481 e. The Balaban J connectivity index is 1.92. The van der Waals surface area contributed by atoms with Crippen LogP contribution in [-0.4, -0.2) is 71.7 Å². The SMILES string of the molecule is CCC1(C)C(C(=O)O)c2ccccc2C(=O)N1CCN1CCOCC1. The number of hydrogen-bond donors (Lipinski definition) is 1. The molecule has 1 N–H and O–H groups in total. The van der Waals surface area contributed by atoms with Gasteiger partial charge in [0.05, 0.1) is 18.8 Å². The molecule has 0 saturated carbocycles. The third kappa shape index (κ3) is 3.16. The fourth-order valence-electron chi connectivity index (χ4n) is 4.03. The van der Waals surface area contributed by atoms with E-state index in [4.69, 9.17) is 4.74 Å². The first-order valence-electron chi connectivity index (χ1n) is 8.93. The van der Waals surface area contributed by atoms with Crippen molar-refractivity contribution in [3.63, 3.8) is 0 Å². The van der Waals surface area contributed by atoms with Gasteiger partial charge in [0.2, 0.25) is 0 Å². The average Bonchev–Trinajstić information content (AvgIpc) is 2.62. The maximum absolute atomic E-state index is 13.1. The first-order chi connectivity index (χ1) is 12.0. The van der Waals surface area contributed by atoms with E-state index in [1.54, 1.807) is 23.1 Å². The second-order valence-corrected chi connectivity index (χ2v) is 6.98. The van der Waals surface area contributed by atoms with Crippen LogP contribution in [0.25, 0.3) is 0 Å². The number of carbonyl (C=O) groups excluding carboxylic acids is 1. The molecule has 0 spiro atoms. The summed E-state index contributed by atoms with van der Waals surface area (Å²) in [4.78, 5) is 29.3. The van der Waals surface area contributed by atoms with Crippen LogP contribution < -0.4 is 0 Å². The lowest BCUT2D eigenvalue weighted by molar-refractivity contribution is -0.142. The van der Waals surface area contributed by atoms with E-state index in [1.807, 2.05) is 19.9 Å². The highest BCUT2D eigenvalue weighted by molar-refractivity contribution is 6.00. The average molecular weight is 346 g/mol. The Morgan fingerprint density at radius 3 is 2.60 bits per heavy atom. The third-order valence-corrected chi connectivity index (χ3v) is 5.69. The highest BCUT2D eigenvalue weighted by Gasteiger charge is 2.50. The maximum Gasteiger partial charge on any atom is 0.313 e. The van der Waals surface area contributed by atoms with E-state index >= 15 is 0 Å². The highest BCUT2D eigenvalue weighted by atomic mass is 16.5. The second-order valence-electron chi connectivity index (χ2n) is 6.98. The third-order valence-electron chi connectivity index (χ3n) is 5.69. The summed E-state index contributed by atoms with van der Waals surface area (Å²) >= 11 is 0. The zero-order valence-corrected chi connectivity index (χ0v) is 14.9. The highest BCUT2D eigenvalue weighted by Crippen LogP contribution is 2.42. The molecule has 136 valence electrons. The smallest absolute Gasteiger partial charge is 0.313 e. The van der Waals surface area contributed by atoms with Crippen molar-refractivity contribution >= 4 is 11.9 Å². The number of carboxylic acid groups (broad SMARTS) is 1. The van der Waals surface area contributed by atoms with Crippen LogP contribution in [-0.2, 0) is 9.53 Å². The minimum atomic E-state index is -0.874. The molecule has 3 rings (SSSR count). The standard InChI is InChI=1S/C19H26N2O4/c1-3-19(2)16(18(23)24)14-6-4-5-7-15(14)17(22)21(19)9-8-20-10-12-25-13-11-20/h4-7,16H,3,8-13H2,1-2H3,(H,23,24). The molecule has 1 aromatic rings. The molecule has 2 aliphatic rings. The first-order valence-corrected chi connectivity index (χ1v) is 8.93. The summed E-state index contributed by atoms with van der Waals surface area (Å²) in [7, 11) is 0. The van der Waals surface area contributed by atoms with Gasteiger partial charge in [-0.3, -0.25) is 14.5 Å². The molecule has 2 atom stereocenters. The van der Waals surface area contributed by atoms with Gasteiger partial charge in [0.15, 0.2) is 0 Å². The molecule has 1 fully saturated rings. The summed E-state index contributed by atoms with van der Waals surface area (Å²) in [6, 6.07) is 7.12. The van der Waals surface area contributed by atoms with E-state index in [-0.39, 0.29) is 5.91 Å². The first kappa shape index (κ1) is 17.9. The minimum absolute atomic E-state index is 0.0642. The quantitative estimate of drug-likeness (QED) is 0.880. The zero-order valence-electron chi connectivity index (χ0n) is 14.9. The Morgan fingerprint density at radius 2 is 1.96 bits per heavy atom. The van der Waals surface area contributed by atoms with Crippen molar-refractivity contribution in [1.82, 2.24) is 9.80 Å². The molecule has 2 aliphatic heterocycles. The molecule has 0 bridgehead atoms. The molecule has 0 aliphatic carbocycles. The lowest BCUT2D eigenvalue weighted by atomic mass is 9.72. The summed E-state index contributed by atoms with van der Waals surface area (Å²) in [6.07, 6.45) is 0.590. The van der Waals surface area contributed by atoms with E-state index in [9.17, 15) is 14.7 Å². The number of ether oxygens (including phenoxy) is 1. The van der Waals surface area contributed by atoms with Gasteiger partial charge in [-0.1, -0.05) is 25.1 Å². The number of nitrogens with zero attached hydrogens (tertiary/aromatic N) is 2. The number of fused-ring (bicyclic) bond motifs is 1. The Labute approximate surface area is 148 Å². The lowest BCUT2D eigenvalue weighted by Crippen LogP contribution is -2.60. The van der Waals surface area contributed by atoms with E-state index in [1.165, 1.54) is 0 Å². The van der Waals surface area contributed by atoms with Gasteiger partial charge >= 0.3 is 5.97 Å². The van der Waals surface area contributed by atoms with Gasteiger partial charge in [-0.25, -0.2) is 0 Å². The van der Waals surface area contributed by atoms with Gasteiger partial charge in [0.25, 0.3) is 5.91 Å². The van der Waals surface area contributed by atoms with Crippen LogP contribution in [0, 0.1) is 0 Å². The van der Waals surface area contributed by atoms with Crippen LogP contribution in [0.3, 0.4) is 0 Å². The van der Waals surface area contributed by atoms with Crippen LogP contribution in [0.15, 0.2) is 24.3 Å². The number of aliphatic carboxylic acids is 1. The Morgan fingerprint density at radius 1 is 1.28 bits per heavy atom. The van der Waals surface area contributed by atoms with Gasteiger partial charge < -0.3 is 14.7 Å². The monoisotopic (exact) mass is 346 g/mol. The van der Waals surface area contributed by atoms with Crippen molar-refractivity contribution in [2.75, 3.05) is 39.4 Å². The predicted molar refractivity (Wildman–Crippen MR) is 93.8 cm³/mol. The fraction of sp³-hybridized carbons (Fsp3) is 0.579. The summed E-state index contributed by atoms with van der Waals surface area (Å²) < 4.78 is 5.37. The van der Waals surface area contributed by atoms with Gasteiger partial charge in [-0.2, -0.15) is 0 Å². The van der Waals surface area contributed by atoms with E-state index in [2.05, 4.69) is 4.90 Å².